The molecule has 0 aliphatic carbocycles. The van der Waals surface area contributed by atoms with E-state index in [2.05, 4.69) is 17.6 Å². The lowest BCUT2D eigenvalue weighted by Crippen LogP contribution is -2.35. The largest absolute Gasteiger partial charge is 0.474 e. The summed E-state index contributed by atoms with van der Waals surface area (Å²) in [6.45, 7) is 2.79. The Balaban J connectivity index is 1.87. The number of alkyl halides is 3. The molecule has 0 aliphatic heterocycles. The Morgan fingerprint density at radius 1 is 0.846 bits per heavy atom. The summed E-state index contributed by atoms with van der Waals surface area (Å²) in [7, 11) is 0. The third-order valence-corrected chi connectivity index (χ3v) is 6.59. The maximum Gasteiger partial charge on any atom is 0.416 e. The summed E-state index contributed by atoms with van der Waals surface area (Å²) < 4.78 is 39.5. The van der Waals surface area contributed by atoms with Gasteiger partial charge in [0.2, 0.25) is 0 Å². The molecule has 0 radical (unpaired) electrons. The number of carbonyl (C=O) groups is 3. The van der Waals surface area contributed by atoms with Gasteiger partial charge in [-0.05, 0) is 48.2 Å². The summed E-state index contributed by atoms with van der Waals surface area (Å²) in [5.74, 6) is -3.27. The first-order chi connectivity index (χ1) is 18.6. The molecular formula is C30H39F3N2O4. The van der Waals surface area contributed by atoms with Crippen molar-refractivity contribution in [3.05, 3.63) is 70.8 Å². The second kappa shape index (κ2) is 16.6. The number of carboxylic acid groups (broad SMARTS) is 1. The van der Waals surface area contributed by atoms with Gasteiger partial charge in [0.25, 0.3) is 5.91 Å². The number of benzene rings is 2. The van der Waals surface area contributed by atoms with E-state index >= 15 is 0 Å². The molecular weight excluding hydrogens is 509 g/mol. The Kier molecular flexibility index (Phi) is 13.5. The maximum atomic E-state index is 13.2. The minimum atomic E-state index is -4.58. The molecule has 1 unspecified atom stereocenters. The van der Waals surface area contributed by atoms with Crippen LogP contribution in [0.25, 0.3) is 0 Å². The molecule has 2 amide bonds. The van der Waals surface area contributed by atoms with Crippen LogP contribution < -0.4 is 10.6 Å². The number of amides is 2. The fourth-order valence-corrected chi connectivity index (χ4v) is 4.35. The van der Waals surface area contributed by atoms with E-state index in [1.165, 1.54) is 57.1 Å². The number of hydrogen-bond donors (Lipinski definition) is 3. The fourth-order valence-electron chi connectivity index (χ4n) is 4.35. The third kappa shape index (κ3) is 11.9. The molecule has 2 aromatic carbocycles. The number of carboxylic acids is 1. The highest BCUT2D eigenvalue weighted by Gasteiger charge is 2.31. The highest BCUT2D eigenvalue weighted by molar-refractivity contribution is 6.31. The van der Waals surface area contributed by atoms with E-state index in [-0.39, 0.29) is 17.9 Å². The molecule has 0 aromatic heterocycles. The number of rotatable bonds is 16. The molecule has 9 heteroatoms. The van der Waals surface area contributed by atoms with Gasteiger partial charge in [0.1, 0.15) is 0 Å². The minimum Gasteiger partial charge on any atom is -0.474 e. The van der Waals surface area contributed by atoms with Gasteiger partial charge in [0, 0.05) is 12.1 Å². The lowest BCUT2D eigenvalue weighted by Gasteiger charge is -2.20. The second-order valence-electron chi connectivity index (χ2n) is 9.79. The van der Waals surface area contributed by atoms with Crippen molar-refractivity contribution in [3.63, 3.8) is 0 Å². The smallest absolute Gasteiger partial charge is 0.416 e. The molecule has 39 heavy (non-hydrogen) atoms. The van der Waals surface area contributed by atoms with E-state index in [0.717, 1.165) is 31.4 Å². The predicted octanol–water partition coefficient (Wildman–Crippen LogP) is 6.84. The molecule has 214 valence electrons. The second-order valence-corrected chi connectivity index (χ2v) is 9.79. The van der Waals surface area contributed by atoms with Crippen LogP contribution in [0.5, 0.6) is 0 Å². The number of carbonyl (C=O) groups excluding carboxylic acids is 2. The van der Waals surface area contributed by atoms with Gasteiger partial charge in [-0.25, -0.2) is 4.79 Å². The van der Waals surface area contributed by atoms with Crippen molar-refractivity contribution < 1.29 is 32.7 Å². The Morgan fingerprint density at radius 3 is 2.00 bits per heavy atom. The van der Waals surface area contributed by atoms with Crippen molar-refractivity contribution in [3.8, 4) is 0 Å². The summed E-state index contributed by atoms with van der Waals surface area (Å²) in [6.07, 6.45) is 7.56. The lowest BCUT2D eigenvalue weighted by molar-refractivity contribution is -0.150. The molecule has 2 rings (SSSR count). The van der Waals surface area contributed by atoms with Crippen molar-refractivity contribution >= 4 is 17.8 Å². The first-order valence-corrected chi connectivity index (χ1v) is 13.7. The molecule has 0 spiro atoms. The fraction of sp³-hybridized carbons (Fsp3) is 0.500. The van der Waals surface area contributed by atoms with Gasteiger partial charge in [0.05, 0.1) is 11.6 Å². The molecule has 0 saturated heterocycles. The Morgan fingerprint density at radius 2 is 1.44 bits per heavy atom. The molecule has 0 bridgehead atoms. The molecule has 2 aromatic rings. The first-order valence-electron chi connectivity index (χ1n) is 13.7. The standard InChI is InChI=1S/C30H39F3N2O4/c1-2-3-4-5-6-7-8-9-10-11-19-34-27(36)23-17-15-22(16-18-23)20-26(35-28(37)29(38)39)24-13-12-14-25(21-24)30(31,32)33/h12-18,21,26H,2-11,19-20H2,1H3,(H,34,36)(H,35,37)(H,38,39). The zero-order valence-corrected chi connectivity index (χ0v) is 22.5. The van der Waals surface area contributed by atoms with Gasteiger partial charge < -0.3 is 15.7 Å². The van der Waals surface area contributed by atoms with Gasteiger partial charge >= 0.3 is 18.1 Å². The molecule has 3 N–H and O–H groups in total. The number of unbranched alkanes of at least 4 members (excludes halogenated alkanes) is 9. The average Bonchev–Trinajstić information content (AvgIpc) is 2.91. The van der Waals surface area contributed by atoms with Crippen LogP contribution in [0.3, 0.4) is 0 Å². The van der Waals surface area contributed by atoms with E-state index < -0.39 is 29.7 Å². The summed E-state index contributed by atoms with van der Waals surface area (Å²) in [5.41, 5.74) is 0.284. The van der Waals surface area contributed by atoms with Crippen LogP contribution in [0, 0.1) is 0 Å². The topological polar surface area (TPSA) is 95.5 Å². The number of nitrogens with one attached hydrogen (secondary N) is 2. The normalized spacial score (nSPS) is 12.1. The highest BCUT2D eigenvalue weighted by atomic mass is 19.4. The van der Waals surface area contributed by atoms with Crippen LogP contribution in [0.15, 0.2) is 48.5 Å². The van der Waals surface area contributed by atoms with Gasteiger partial charge in [-0.1, -0.05) is 89.0 Å². The summed E-state index contributed by atoms with van der Waals surface area (Å²) in [4.78, 5) is 35.3. The summed E-state index contributed by atoms with van der Waals surface area (Å²) in [6, 6.07) is 9.89. The predicted molar refractivity (Wildman–Crippen MR) is 144 cm³/mol. The summed E-state index contributed by atoms with van der Waals surface area (Å²) >= 11 is 0. The third-order valence-electron chi connectivity index (χ3n) is 6.59. The molecule has 0 heterocycles. The van der Waals surface area contributed by atoms with E-state index in [1.807, 2.05) is 0 Å². The molecule has 6 nitrogen and oxygen atoms in total. The summed E-state index contributed by atoms with van der Waals surface area (Å²) in [5, 5.41) is 14.1. The minimum absolute atomic E-state index is 0.0425. The van der Waals surface area contributed by atoms with Gasteiger partial charge in [-0.3, -0.25) is 9.59 Å². The van der Waals surface area contributed by atoms with Crippen molar-refractivity contribution in [1.29, 1.82) is 0 Å². The Bertz CT molecular complexity index is 1050. The monoisotopic (exact) mass is 548 g/mol. The zero-order valence-electron chi connectivity index (χ0n) is 22.5. The average molecular weight is 549 g/mol. The van der Waals surface area contributed by atoms with Crippen molar-refractivity contribution in [2.24, 2.45) is 0 Å². The van der Waals surface area contributed by atoms with E-state index in [0.29, 0.717) is 17.7 Å². The van der Waals surface area contributed by atoms with Gasteiger partial charge in [-0.15, -0.1) is 0 Å². The van der Waals surface area contributed by atoms with E-state index in [1.54, 1.807) is 24.3 Å². The van der Waals surface area contributed by atoms with Gasteiger partial charge in [0.15, 0.2) is 0 Å². The lowest BCUT2D eigenvalue weighted by atomic mass is 9.96. The number of aliphatic carboxylic acids is 1. The van der Waals surface area contributed by atoms with Crippen LogP contribution in [0.2, 0.25) is 0 Å². The molecule has 0 saturated carbocycles. The van der Waals surface area contributed by atoms with Crippen molar-refractivity contribution in [2.45, 2.75) is 89.8 Å². The van der Waals surface area contributed by atoms with Crippen LogP contribution >= 0.6 is 0 Å². The van der Waals surface area contributed by atoms with Crippen molar-refractivity contribution in [1.82, 2.24) is 10.6 Å². The SMILES string of the molecule is CCCCCCCCCCCCNC(=O)c1ccc(CC(NC(=O)C(=O)O)c2cccc(C(F)(F)F)c2)cc1. The quantitative estimate of drug-likeness (QED) is 0.158. The van der Waals surface area contributed by atoms with Crippen LogP contribution in [-0.4, -0.2) is 29.4 Å². The zero-order chi connectivity index (χ0) is 28.7. The van der Waals surface area contributed by atoms with Crippen molar-refractivity contribution in [2.75, 3.05) is 6.54 Å². The molecule has 1 atom stereocenters. The Hall–Kier alpha value is -3.36. The van der Waals surface area contributed by atoms with Gasteiger partial charge in [-0.2, -0.15) is 13.2 Å². The van der Waals surface area contributed by atoms with E-state index in [4.69, 9.17) is 5.11 Å². The van der Waals surface area contributed by atoms with Crippen LogP contribution in [0.4, 0.5) is 13.2 Å². The molecule has 0 fully saturated rings. The number of halogens is 3. The first kappa shape index (κ1) is 31.9. The maximum absolute atomic E-state index is 13.2. The van der Waals surface area contributed by atoms with E-state index in [9.17, 15) is 27.6 Å². The Labute approximate surface area is 228 Å². The van der Waals surface area contributed by atoms with Crippen LogP contribution in [0.1, 0.15) is 104 Å². The van der Waals surface area contributed by atoms with Crippen LogP contribution in [-0.2, 0) is 22.2 Å². The highest BCUT2D eigenvalue weighted by Crippen LogP contribution is 2.31. The molecule has 0 aliphatic rings. The number of hydrogen-bond acceptors (Lipinski definition) is 3.